The van der Waals surface area contributed by atoms with Crippen LogP contribution in [0.15, 0.2) is 24.4 Å². The Morgan fingerprint density at radius 3 is 2.75 bits per heavy atom. The van der Waals surface area contributed by atoms with Crippen LogP contribution < -0.4 is 4.72 Å². The molecule has 0 unspecified atom stereocenters. The second-order valence-corrected chi connectivity index (χ2v) is 1.55. The number of hydrogen-bond donors (Lipinski definition) is 2. The van der Waals surface area contributed by atoms with E-state index in [0.717, 1.165) is 5.82 Å². The summed E-state index contributed by atoms with van der Waals surface area (Å²) in [6.07, 6.45) is 1.71. The average molecular weight is 126 g/mol. The third-order valence-electron chi connectivity index (χ3n) is 0.779. The molecule has 42 valence electrons. The van der Waals surface area contributed by atoms with Gasteiger partial charge in [0.2, 0.25) is 0 Å². The van der Waals surface area contributed by atoms with E-state index in [-0.39, 0.29) is 0 Å². The Morgan fingerprint density at radius 1 is 1.50 bits per heavy atom. The number of thiol groups is 1. The number of anilines is 1. The Balaban J connectivity index is 2.83. The maximum atomic E-state index is 3.91. The van der Waals surface area contributed by atoms with Crippen molar-refractivity contribution in [3.63, 3.8) is 0 Å². The molecular formula is C5H6N2S. The molecule has 0 aliphatic heterocycles. The summed E-state index contributed by atoms with van der Waals surface area (Å²) in [5.74, 6) is 0.774. The zero-order chi connectivity index (χ0) is 5.82. The van der Waals surface area contributed by atoms with Crippen LogP contribution in [0.1, 0.15) is 0 Å². The van der Waals surface area contributed by atoms with Gasteiger partial charge in [-0.15, -0.1) is 0 Å². The molecule has 0 bridgehead atoms. The summed E-state index contributed by atoms with van der Waals surface area (Å²) in [7, 11) is 0. The summed E-state index contributed by atoms with van der Waals surface area (Å²) in [4.78, 5) is 3.91. The van der Waals surface area contributed by atoms with E-state index in [2.05, 4.69) is 22.5 Å². The Kier molecular flexibility index (Phi) is 1.75. The molecule has 0 aliphatic carbocycles. The molecule has 0 amide bonds. The monoisotopic (exact) mass is 126 g/mol. The normalized spacial score (nSPS) is 8.62. The van der Waals surface area contributed by atoms with Crippen LogP contribution >= 0.6 is 12.8 Å². The van der Waals surface area contributed by atoms with Gasteiger partial charge in [-0.2, -0.15) is 0 Å². The minimum absolute atomic E-state index is 0.774. The highest BCUT2D eigenvalue weighted by Crippen LogP contribution is 1.98. The van der Waals surface area contributed by atoms with E-state index in [1.54, 1.807) is 6.20 Å². The van der Waals surface area contributed by atoms with E-state index in [0.29, 0.717) is 0 Å². The minimum atomic E-state index is 0.774. The van der Waals surface area contributed by atoms with Crippen molar-refractivity contribution in [2.24, 2.45) is 0 Å². The summed E-state index contributed by atoms with van der Waals surface area (Å²) >= 11 is 3.80. The van der Waals surface area contributed by atoms with Crippen molar-refractivity contribution in [1.29, 1.82) is 0 Å². The van der Waals surface area contributed by atoms with Crippen molar-refractivity contribution in [3.8, 4) is 0 Å². The molecule has 1 rings (SSSR count). The van der Waals surface area contributed by atoms with Crippen LogP contribution in [-0.2, 0) is 0 Å². The molecule has 3 heteroatoms. The molecule has 1 aromatic heterocycles. The third-order valence-corrected chi connectivity index (χ3v) is 1.01. The van der Waals surface area contributed by atoms with Gasteiger partial charge in [0, 0.05) is 6.20 Å². The van der Waals surface area contributed by atoms with Gasteiger partial charge in [-0.1, -0.05) is 18.9 Å². The van der Waals surface area contributed by atoms with Crippen molar-refractivity contribution in [3.05, 3.63) is 24.4 Å². The minimum Gasteiger partial charge on any atom is -0.317 e. The first-order valence-electron chi connectivity index (χ1n) is 2.24. The lowest BCUT2D eigenvalue weighted by atomic mass is 10.5. The summed E-state index contributed by atoms with van der Waals surface area (Å²) in [6, 6.07) is 5.59. The predicted octanol–water partition coefficient (Wildman–Crippen LogP) is 1.34. The Hall–Kier alpha value is -0.700. The van der Waals surface area contributed by atoms with Crippen LogP contribution in [0.25, 0.3) is 0 Å². The molecule has 2 nitrogen and oxygen atoms in total. The van der Waals surface area contributed by atoms with Gasteiger partial charge in [0.15, 0.2) is 0 Å². The highest BCUT2D eigenvalue weighted by molar-refractivity contribution is 7.81. The average Bonchev–Trinajstić information content (AvgIpc) is 1.90. The lowest BCUT2D eigenvalue weighted by Crippen LogP contribution is -1.81. The Labute approximate surface area is 53.5 Å². The summed E-state index contributed by atoms with van der Waals surface area (Å²) in [5, 5.41) is 0. The zero-order valence-corrected chi connectivity index (χ0v) is 5.10. The first kappa shape index (κ1) is 5.44. The highest BCUT2D eigenvalue weighted by atomic mass is 32.1. The van der Waals surface area contributed by atoms with E-state index >= 15 is 0 Å². The van der Waals surface area contributed by atoms with Crippen molar-refractivity contribution < 1.29 is 0 Å². The number of rotatable bonds is 1. The molecule has 0 saturated heterocycles. The largest absolute Gasteiger partial charge is 0.317 e. The van der Waals surface area contributed by atoms with Gasteiger partial charge < -0.3 is 4.72 Å². The fraction of sp³-hybridized carbons (Fsp3) is 0. The summed E-state index contributed by atoms with van der Waals surface area (Å²) < 4.78 is 2.61. The van der Waals surface area contributed by atoms with Gasteiger partial charge in [0.1, 0.15) is 5.82 Å². The van der Waals surface area contributed by atoms with E-state index in [1.807, 2.05) is 18.2 Å². The van der Waals surface area contributed by atoms with Crippen LogP contribution in [-0.4, -0.2) is 4.98 Å². The highest BCUT2D eigenvalue weighted by Gasteiger charge is 1.80. The molecule has 0 saturated carbocycles. The molecule has 8 heavy (non-hydrogen) atoms. The van der Waals surface area contributed by atoms with Gasteiger partial charge in [0.05, 0.1) is 0 Å². The number of pyridine rings is 1. The first-order valence-corrected chi connectivity index (χ1v) is 2.69. The molecule has 0 radical (unpaired) electrons. The van der Waals surface area contributed by atoms with Crippen LogP contribution in [0.5, 0.6) is 0 Å². The predicted molar refractivity (Wildman–Crippen MR) is 36.8 cm³/mol. The molecule has 0 spiro atoms. The van der Waals surface area contributed by atoms with Crippen molar-refractivity contribution in [2.45, 2.75) is 0 Å². The van der Waals surface area contributed by atoms with E-state index in [4.69, 9.17) is 0 Å². The number of hydrogen-bond acceptors (Lipinski definition) is 3. The van der Waals surface area contributed by atoms with Gasteiger partial charge in [-0.05, 0) is 12.1 Å². The molecule has 0 aliphatic rings. The quantitative estimate of drug-likeness (QED) is 0.555. The van der Waals surface area contributed by atoms with E-state index in [1.165, 1.54) is 0 Å². The third kappa shape index (κ3) is 1.13. The van der Waals surface area contributed by atoms with Gasteiger partial charge in [-0.25, -0.2) is 4.98 Å². The first-order chi connectivity index (χ1) is 3.93. The van der Waals surface area contributed by atoms with Crippen LogP contribution in [0.3, 0.4) is 0 Å². The molecular weight excluding hydrogens is 120 g/mol. The van der Waals surface area contributed by atoms with Gasteiger partial charge >= 0.3 is 0 Å². The fourth-order valence-corrected chi connectivity index (χ4v) is 0.561. The van der Waals surface area contributed by atoms with E-state index < -0.39 is 0 Å². The molecule has 0 atom stereocenters. The summed E-state index contributed by atoms with van der Waals surface area (Å²) in [5.41, 5.74) is 0. The molecule has 0 fully saturated rings. The Bertz CT molecular complexity index is 152. The number of nitrogens with one attached hydrogen (secondary N) is 1. The topological polar surface area (TPSA) is 24.9 Å². The fourth-order valence-electron chi connectivity index (χ4n) is 0.429. The lowest BCUT2D eigenvalue weighted by Gasteiger charge is -1.91. The SMILES string of the molecule is SNc1ccccn1. The molecule has 0 aromatic carbocycles. The maximum absolute atomic E-state index is 3.91. The van der Waals surface area contributed by atoms with Crippen LogP contribution in [0, 0.1) is 0 Å². The lowest BCUT2D eigenvalue weighted by molar-refractivity contribution is 1.34. The van der Waals surface area contributed by atoms with Crippen LogP contribution in [0.4, 0.5) is 5.82 Å². The molecule has 1 aromatic rings. The summed E-state index contributed by atoms with van der Waals surface area (Å²) in [6.45, 7) is 0. The van der Waals surface area contributed by atoms with Crippen LogP contribution in [0.2, 0.25) is 0 Å². The number of nitrogens with zero attached hydrogens (tertiary/aromatic N) is 1. The maximum Gasteiger partial charge on any atom is 0.135 e. The molecule has 1 heterocycles. The van der Waals surface area contributed by atoms with Crippen molar-refractivity contribution >= 4 is 18.6 Å². The smallest absolute Gasteiger partial charge is 0.135 e. The van der Waals surface area contributed by atoms with Crippen molar-refractivity contribution in [1.82, 2.24) is 4.98 Å². The Morgan fingerprint density at radius 2 is 2.38 bits per heavy atom. The van der Waals surface area contributed by atoms with E-state index in [9.17, 15) is 0 Å². The van der Waals surface area contributed by atoms with Gasteiger partial charge in [-0.3, -0.25) is 0 Å². The second kappa shape index (κ2) is 2.57. The van der Waals surface area contributed by atoms with Gasteiger partial charge in [0.25, 0.3) is 0 Å². The molecule has 1 N–H and O–H groups in total. The zero-order valence-electron chi connectivity index (χ0n) is 4.20. The van der Waals surface area contributed by atoms with Crippen molar-refractivity contribution in [2.75, 3.05) is 4.72 Å². The standard InChI is InChI=1S/C5H6N2S/c8-7-5-3-1-2-4-6-5/h1-4,8H,(H,6,7). The number of aromatic nitrogens is 1. The second-order valence-electron chi connectivity index (χ2n) is 1.33.